The lowest BCUT2D eigenvalue weighted by molar-refractivity contribution is -0.385. The molecule has 16 heterocycles. The number of amides is 3. The number of rotatable bonds is 26. The van der Waals surface area contributed by atoms with Crippen molar-refractivity contribution < 1.29 is 29.2 Å². The Morgan fingerprint density at radius 2 is 0.965 bits per heavy atom. The molecular formula is C77H92N28O7S3. The minimum atomic E-state index is -0.458. The Morgan fingerprint density at radius 1 is 0.539 bits per heavy atom. The third kappa shape index (κ3) is 20.0. The molecule has 1 aromatic carbocycles. The number of imidazole rings is 3. The second kappa shape index (κ2) is 36.8. The average Bonchev–Trinajstić information content (AvgIpc) is 1.64. The number of benzene rings is 1. The summed E-state index contributed by atoms with van der Waals surface area (Å²) in [5.74, 6) is 2.24. The molecule has 12 aromatic heterocycles. The number of carbonyl (C=O) groups excluding carboxylic acids is 3. The first kappa shape index (κ1) is 78.9. The smallest absolute Gasteiger partial charge is 0.274 e. The summed E-state index contributed by atoms with van der Waals surface area (Å²) < 4.78 is 30.0. The van der Waals surface area contributed by atoms with Crippen LogP contribution in [-0.2, 0) is 64.9 Å². The molecule has 0 radical (unpaired) electrons. The topological polar surface area (TPSA) is 380 Å². The van der Waals surface area contributed by atoms with E-state index in [1.165, 1.54) is 96.7 Å². The Morgan fingerprint density at radius 3 is 1.41 bits per heavy atom. The van der Waals surface area contributed by atoms with Crippen LogP contribution in [0.4, 0.5) is 38.1 Å². The van der Waals surface area contributed by atoms with Gasteiger partial charge in [-0.15, -0.1) is 0 Å². The van der Waals surface area contributed by atoms with E-state index >= 15 is 0 Å². The Hall–Kier alpha value is -11.4. The number of aliphatic hydroxyl groups is 1. The number of para-hydroxylation sites is 1. The third-order valence-corrected chi connectivity index (χ3v) is 22.4. The number of piperidine rings is 3. The number of fused-ring (bicyclic) bond motifs is 3. The number of nitro groups is 1. The number of ether oxygens (including phenoxy) is 1. The van der Waals surface area contributed by atoms with Crippen LogP contribution in [0.15, 0.2) is 117 Å². The van der Waals surface area contributed by atoms with Gasteiger partial charge in [-0.25, -0.2) is 29.9 Å². The largest absolute Gasteiger partial charge is 0.395 e. The van der Waals surface area contributed by atoms with Crippen molar-refractivity contribution in [3.05, 3.63) is 167 Å². The van der Waals surface area contributed by atoms with Crippen molar-refractivity contribution in [1.82, 2.24) is 116 Å². The third-order valence-electron chi connectivity index (χ3n) is 20.2. The highest BCUT2D eigenvalue weighted by Gasteiger charge is 2.25. The van der Waals surface area contributed by atoms with Crippen LogP contribution in [-0.4, -0.2) is 212 Å². The van der Waals surface area contributed by atoms with Crippen LogP contribution in [0.5, 0.6) is 0 Å². The van der Waals surface area contributed by atoms with Crippen LogP contribution < -0.4 is 26.6 Å². The summed E-state index contributed by atoms with van der Waals surface area (Å²) in [6.45, 7) is 20.4. The predicted octanol–water partition coefficient (Wildman–Crippen LogP) is 9.70. The molecule has 6 N–H and O–H groups in total. The molecule has 4 fully saturated rings. The highest BCUT2D eigenvalue weighted by atomic mass is 32.1. The van der Waals surface area contributed by atoms with Gasteiger partial charge in [0, 0.05) is 118 Å². The summed E-state index contributed by atoms with van der Waals surface area (Å²) in [7, 11) is 0. The molecule has 0 spiro atoms. The first-order chi connectivity index (χ1) is 56.0. The zero-order chi connectivity index (χ0) is 79.3. The maximum absolute atomic E-state index is 12.6. The van der Waals surface area contributed by atoms with Crippen LogP contribution in [0.3, 0.4) is 0 Å². The summed E-state index contributed by atoms with van der Waals surface area (Å²) in [5.41, 5.74) is 13.3. The molecule has 1 unspecified atom stereocenters. The number of aryl methyl sites for hydroxylation is 3. The van der Waals surface area contributed by atoms with Gasteiger partial charge in [0.2, 0.25) is 17.7 Å². The number of hydrogen-bond acceptors (Lipinski definition) is 28. The van der Waals surface area contributed by atoms with Crippen molar-refractivity contribution in [3.63, 3.8) is 0 Å². The summed E-state index contributed by atoms with van der Waals surface area (Å²) in [6.07, 6.45) is 32.0. The van der Waals surface area contributed by atoms with Gasteiger partial charge in [0.05, 0.1) is 113 Å². The lowest BCUT2D eigenvalue weighted by Crippen LogP contribution is -2.42. The number of morpholine rings is 1. The van der Waals surface area contributed by atoms with E-state index in [2.05, 4.69) is 115 Å². The fourth-order valence-electron chi connectivity index (χ4n) is 14.7. The first-order valence-electron chi connectivity index (χ1n) is 38.7. The lowest BCUT2D eigenvalue weighted by Gasteiger charge is -2.30. The molecule has 4 aliphatic heterocycles. The average molecular weight is 1620 g/mol. The van der Waals surface area contributed by atoms with Crippen LogP contribution >= 0.6 is 34.6 Å². The van der Waals surface area contributed by atoms with Crippen molar-refractivity contribution in [2.75, 3.05) is 94.7 Å². The van der Waals surface area contributed by atoms with Crippen LogP contribution in [0, 0.1) is 36.8 Å². The minimum absolute atomic E-state index is 0.0293. The lowest BCUT2D eigenvalue weighted by atomic mass is 10.0. The maximum atomic E-state index is 12.6. The van der Waals surface area contributed by atoms with Gasteiger partial charge in [0.25, 0.3) is 5.69 Å². The van der Waals surface area contributed by atoms with E-state index in [1.54, 1.807) is 70.9 Å². The monoisotopic (exact) mass is 1620 g/mol. The quantitative estimate of drug-likeness (QED) is 0.0217. The number of nitro benzene ring substituents is 1. The standard InChI is InChI=1S/C29H32N10O3S.C25H31N9O2S.C23H29N9O2S/c1-19-6-5-9-36(14-19)17-23-10-27(43-35-23)34-28-29-31-13-25(38(29)15-20(2)33-28)22-12-32-37(16-22)18-26(40)30-11-21-7-3-4-8-24(21)39(41)42;1-18-14-34-21(19-12-27-33(15-19)17-23(35)32-7-9-36-10-8-32)13-26-25(34)24(28-18)29-22-11-20(30-37-22)16-31-5-3-2-4-6-31;1-16-12-32-19(17-10-26-31(13-17)15-20(34)24-5-8-33)11-25-23(32)22(27-16)28-21-9-18(29-35-21)14-30-6-3-2-4-7-30/h3-4,7-8,10,12-13,15-16,19H,5-6,9,11,14,17-18H2,1-2H3,(H,30,40)(H,33,34);11-15H,2-10,16-17H2,1H3,(H,28,29);9-13,33H,2-8,14-15H2,1H3,(H,24,34)(H,27,28). The van der Waals surface area contributed by atoms with E-state index in [0.29, 0.717) is 60.6 Å². The molecule has 1 atom stereocenters. The van der Waals surface area contributed by atoms with Gasteiger partial charge >= 0.3 is 0 Å². The van der Waals surface area contributed by atoms with Gasteiger partial charge in [-0.2, -0.15) is 28.4 Å². The Balaban J connectivity index is 0.000000136. The Kier molecular flexibility index (Phi) is 25.3. The second-order valence-electron chi connectivity index (χ2n) is 29.3. The zero-order valence-corrected chi connectivity index (χ0v) is 67.0. The Labute approximate surface area is 674 Å². The molecule has 115 heavy (non-hydrogen) atoms. The zero-order valence-electron chi connectivity index (χ0n) is 64.5. The van der Waals surface area contributed by atoms with Gasteiger partial charge in [-0.05, 0) is 151 Å². The van der Waals surface area contributed by atoms with E-state index in [-0.39, 0.29) is 62.7 Å². The van der Waals surface area contributed by atoms with E-state index in [4.69, 9.17) is 19.8 Å². The van der Waals surface area contributed by atoms with Gasteiger partial charge in [0.1, 0.15) is 34.6 Å². The van der Waals surface area contributed by atoms with E-state index in [0.717, 1.165) is 153 Å². The number of nitrogens with one attached hydrogen (secondary N) is 5. The Bertz CT molecular complexity index is 5520. The highest BCUT2D eigenvalue weighted by molar-refractivity contribution is 7.10. The van der Waals surface area contributed by atoms with Crippen molar-refractivity contribution in [3.8, 4) is 33.8 Å². The first-order valence-corrected chi connectivity index (χ1v) is 41.0. The molecule has 0 bridgehead atoms. The minimum Gasteiger partial charge on any atom is -0.395 e. The van der Waals surface area contributed by atoms with Crippen LogP contribution in [0.1, 0.15) is 98.0 Å². The van der Waals surface area contributed by atoms with Gasteiger partial charge in [0.15, 0.2) is 34.4 Å². The molecule has 3 amide bonds. The second-order valence-corrected chi connectivity index (χ2v) is 31.7. The fraction of sp³-hybridized carbons (Fsp3) is 0.416. The van der Waals surface area contributed by atoms with E-state index in [9.17, 15) is 24.5 Å². The molecular weight excluding hydrogens is 1530 g/mol. The summed E-state index contributed by atoms with van der Waals surface area (Å²) in [4.78, 5) is 85.2. The molecule has 600 valence electrons. The van der Waals surface area contributed by atoms with Crippen molar-refractivity contribution in [2.24, 2.45) is 5.92 Å². The fourth-order valence-corrected chi connectivity index (χ4v) is 16.7. The number of aliphatic hydroxyl groups excluding tert-OH is 1. The number of aromatic nitrogens is 18. The van der Waals surface area contributed by atoms with Gasteiger partial charge in [-0.3, -0.25) is 66.4 Å². The molecule has 35 nitrogen and oxygen atoms in total. The highest BCUT2D eigenvalue weighted by Crippen LogP contribution is 2.33. The molecule has 17 rings (SSSR count). The molecule has 0 saturated carbocycles. The van der Waals surface area contributed by atoms with Crippen LogP contribution in [0.25, 0.3) is 50.7 Å². The number of nitrogens with zero attached hydrogens (tertiary/aromatic N) is 23. The normalized spacial score (nSPS) is 15.7. The number of likely N-dealkylation sites (tertiary alicyclic amines) is 3. The molecule has 13 aromatic rings. The molecule has 4 saturated heterocycles. The van der Waals surface area contributed by atoms with Gasteiger partial charge in [-0.1, -0.05) is 38.0 Å². The predicted molar refractivity (Wildman–Crippen MR) is 437 cm³/mol. The SMILES string of the molecule is Cc1cn2c(-c3cnn(CC(=O)N4CCOCC4)c3)cnc2c(Nc2cc(CN3CCCCC3)ns2)n1.Cc1cn2c(-c3cnn(CC(=O)NCCO)c3)cnc2c(Nc2cc(CN3CCCCC3)ns2)n1.Cc1cn2c(-c3cnn(CC(=O)NCc4ccccc4[N+](=O)[O-])c3)cnc2c(Nc2cc(CN3CCCC(C)C3)ns2)n1. The summed E-state index contributed by atoms with van der Waals surface area (Å²) in [6, 6.07) is 12.6. The number of carbonyl (C=O) groups is 3. The van der Waals surface area contributed by atoms with E-state index in [1.807, 2.05) is 69.9 Å². The van der Waals surface area contributed by atoms with E-state index < -0.39 is 4.92 Å². The van der Waals surface area contributed by atoms with Crippen molar-refractivity contribution in [1.29, 1.82) is 0 Å². The summed E-state index contributed by atoms with van der Waals surface area (Å²) in [5, 5.41) is 51.6. The maximum Gasteiger partial charge on any atom is 0.274 e. The number of hydrogen-bond donors (Lipinski definition) is 6. The van der Waals surface area contributed by atoms with Crippen LogP contribution in [0.2, 0.25) is 0 Å². The molecule has 0 aliphatic carbocycles. The van der Waals surface area contributed by atoms with Crippen molar-refractivity contribution in [2.45, 2.75) is 125 Å². The molecule has 38 heteroatoms. The van der Waals surface area contributed by atoms with Crippen molar-refractivity contribution >= 4 is 107 Å². The summed E-state index contributed by atoms with van der Waals surface area (Å²) >= 11 is 4.30. The molecule has 4 aliphatic rings. The van der Waals surface area contributed by atoms with Gasteiger partial charge < -0.3 is 41.3 Å². The number of anilines is 6.